The van der Waals surface area contributed by atoms with Crippen LogP contribution in [0.5, 0.6) is 0 Å². The van der Waals surface area contributed by atoms with E-state index in [1.54, 1.807) is 0 Å². The van der Waals surface area contributed by atoms with E-state index < -0.39 is 0 Å². The van der Waals surface area contributed by atoms with E-state index in [1.165, 1.54) is 6.42 Å². The standard InChI is InChI=1S/C21H30N4O/c1-15-11-16(2)13-25(12-15)21(26)17-7-9-24(10-8-17)14-20-22-18-5-3-4-6-19(18)23-20/h3-6,15-17H,7-14H2,1-2H3,(H,22,23). The minimum absolute atomic E-state index is 0.208. The summed E-state index contributed by atoms with van der Waals surface area (Å²) >= 11 is 0. The van der Waals surface area contributed by atoms with E-state index in [4.69, 9.17) is 0 Å². The second kappa shape index (κ2) is 7.39. The number of amides is 1. The van der Waals surface area contributed by atoms with Crippen molar-refractivity contribution < 1.29 is 4.79 Å². The maximum atomic E-state index is 12.9. The van der Waals surface area contributed by atoms with Gasteiger partial charge < -0.3 is 9.88 Å². The molecule has 2 aromatic rings. The highest BCUT2D eigenvalue weighted by Crippen LogP contribution is 2.26. The molecule has 0 saturated carbocycles. The molecule has 0 spiro atoms. The Hall–Kier alpha value is -1.88. The number of piperidine rings is 2. The van der Waals surface area contributed by atoms with Gasteiger partial charge in [-0.05, 0) is 56.3 Å². The van der Waals surface area contributed by atoms with Crippen LogP contribution in [0.1, 0.15) is 38.9 Å². The van der Waals surface area contributed by atoms with Gasteiger partial charge in [0, 0.05) is 19.0 Å². The Morgan fingerprint density at radius 1 is 1.15 bits per heavy atom. The third kappa shape index (κ3) is 3.78. The highest BCUT2D eigenvalue weighted by molar-refractivity contribution is 5.79. The zero-order valence-electron chi connectivity index (χ0n) is 15.9. The second-order valence-electron chi connectivity index (χ2n) is 8.44. The van der Waals surface area contributed by atoms with E-state index >= 15 is 0 Å². The van der Waals surface area contributed by atoms with E-state index in [1.807, 2.05) is 18.2 Å². The maximum Gasteiger partial charge on any atom is 0.225 e. The first-order valence-electron chi connectivity index (χ1n) is 10.0. The first-order chi connectivity index (χ1) is 12.6. The van der Waals surface area contributed by atoms with E-state index in [0.29, 0.717) is 17.7 Å². The molecule has 0 radical (unpaired) electrons. The van der Waals surface area contributed by atoms with Gasteiger partial charge in [-0.25, -0.2) is 4.98 Å². The summed E-state index contributed by atoms with van der Waals surface area (Å²) in [5.41, 5.74) is 2.13. The fourth-order valence-electron chi connectivity index (χ4n) is 4.73. The third-order valence-electron chi connectivity index (χ3n) is 5.93. The topological polar surface area (TPSA) is 52.2 Å². The molecule has 3 heterocycles. The third-order valence-corrected chi connectivity index (χ3v) is 5.93. The second-order valence-corrected chi connectivity index (χ2v) is 8.44. The van der Waals surface area contributed by atoms with Crippen LogP contribution in [0.25, 0.3) is 11.0 Å². The number of imidazole rings is 1. The fraction of sp³-hybridized carbons (Fsp3) is 0.619. The SMILES string of the molecule is CC1CC(C)CN(C(=O)C2CCN(Cc3nc4ccccc4[nH]3)CC2)C1. The number of para-hydroxylation sites is 2. The van der Waals surface area contributed by atoms with Gasteiger partial charge in [-0.3, -0.25) is 9.69 Å². The van der Waals surface area contributed by atoms with E-state index in [0.717, 1.165) is 62.4 Å². The predicted octanol–water partition coefficient (Wildman–Crippen LogP) is 3.28. The zero-order valence-corrected chi connectivity index (χ0v) is 15.9. The van der Waals surface area contributed by atoms with Crippen LogP contribution in [0.2, 0.25) is 0 Å². The molecular formula is C21H30N4O. The molecule has 26 heavy (non-hydrogen) atoms. The number of rotatable bonds is 3. The Labute approximate surface area is 155 Å². The van der Waals surface area contributed by atoms with Gasteiger partial charge in [0.2, 0.25) is 5.91 Å². The molecule has 4 rings (SSSR count). The van der Waals surface area contributed by atoms with Gasteiger partial charge in [0.25, 0.3) is 0 Å². The molecule has 5 nitrogen and oxygen atoms in total. The number of hydrogen-bond acceptors (Lipinski definition) is 3. The number of fused-ring (bicyclic) bond motifs is 1. The number of nitrogens with one attached hydrogen (secondary N) is 1. The quantitative estimate of drug-likeness (QED) is 0.920. The lowest BCUT2D eigenvalue weighted by Crippen LogP contribution is -2.47. The van der Waals surface area contributed by atoms with Gasteiger partial charge in [-0.1, -0.05) is 26.0 Å². The zero-order chi connectivity index (χ0) is 18.1. The molecule has 1 N–H and O–H groups in total. The van der Waals surface area contributed by atoms with Gasteiger partial charge >= 0.3 is 0 Å². The Kier molecular flexibility index (Phi) is 4.98. The molecule has 1 amide bonds. The smallest absolute Gasteiger partial charge is 0.225 e. The summed E-state index contributed by atoms with van der Waals surface area (Å²) in [7, 11) is 0. The van der Waals surface area contributed by atoms with Gasteiger partial charge in [0.1, 0.15) is 5.82 Å². The Bertz CT molecular complexity index is 719. The number of carbonyl (C=O) groups excluding carboxylic acids is 1. The molecule has 2 unspecified atom stereocenters. The summed E-state index contributed by atoms with van der Waals surface area (Å²) in [5, 5.41) is 0. The van der Waals surface area contributed by atoms with Crippen LogP contribution in [0.15, 0.2) is 24.3 Å². The van der Waals surface area contributed by atoms with Gasteiger partial charge in [-0.2, -0.15) is 0 Å². The predicted molar refractivity (Wildman–Crippen MR) is 104 cm³/mol. The summed E-state index contributed by atoms with van der Waals surface area (Å²) < 4.78 is 0. The highest BCUT2D eigenvalue weighted by atomic mass is 16.2. The number of likely N-dealkylation sites (tertiary alicyclic amines) is 2. The minimum Gasteiger partial charge on any atom is -0.342 e. The maximum absolute atomic E-state index is 12.9. The summed E-state index contributed by atoms with van der Waals surface area (Å²) in [6.07, 6.45) is 3.19. The lowest BCUT2D eigenvalue weighted by Gasteiger charge is -2.39. The Balaban J connectivity index is 1.31. The summed E-state index contributed by atoms with van der Waals surface area (Å²) in [4.78, 5) is 25.6. The summed E-state index contributed by atoms with van der Waals surface area (Å²) in [5.74, 6) is 2.90. The van der Waals surface area contributed by atoms with Crippen molar-refractivity contribution in [2.24, 2.45) is 17.8 Å². The number of aromatic nitrogens is 2. The van der Waals surface area contributed by atoms with Crippen molar-refractivity contribution in [1.29, 1.82) is 0 Å². The molecule has 0 bridgehead atoms. The van der Waals surface area contributed by atoms with Gasteiger partial charge in [-0.15, -0.1) is 0 Å². The molecular weight excluding hydrogens is 324 g/mol. The van der Waals surface area contributed by atoms with Crippen molar-refractivity contribution in [3.8, 4) is 0 Å². The molecule has 1 aromatic carbocycles. The summed E-state index contributed by atoms with van der Waals surface area (Å²) in [6, 6.07) is 8.16. The molecule has 2 saturated heterocycles. The number of H-pyrrole nitrogens is 1. The molecule has 140 valence electrons. The van der Waals surface area contributed by atoms with Crippen LogP contribution >= 0.6 is 0 Å². The van der Waals surface area contributed by atoms with E-state index in [2.05, 4.69) is 39.7 Å². The van der Waals surface area contributed by atoms with Crippen LogP contribution in [-0.2, 0) is 11.3 Å². The number of nitrogens with zero attached hydrogens (tertiary/aromatic N) is 3. The first kappa shape index (κ1) is 17.5. The van der Waals surface area contributed by atoms with Crippen LogP contribution in [0, 0.1) is 17.8 Å². The molecule has 2 aliphatic rings. The first-order valence-corrected chi connectivity index (χ1v) is 10.0. The average molecular weight is 354 g/mol. The normalized spacial score (nSPS) is 25.7. The number of hydrogen-bond donors (Lipinski definition) is 1. The van der Waals surface area contributed by atoms with E-state index in [-0.39, 0.29) is 5.92 Å². The van der Waals surface area contributed by atoms with Crippen LogP contribution in [0.3, 0.4) is 0 Å². The highest BCUT2D eigenvalue weighted by Gasteiger charge is 2.32. The van der Waals surface area contributed by atoms with Gasteiger partial charge in [0.05, 0.1) is 17.6 Å². The molecule has 1 aromatic heterocycles. The summed E-state index contributed by atoms with van der Waals surface area (Å²) in [6.45, 7) is 9.23. The van der Waals surface area contributed by atoms with Crippen molar-refractivity contribution in [2.45, 2.75) is 39.7 Å². The van der Waals surface area contributed by atoms with Crippen molar-refractivity contribution >= 4 is 16.9 Å². The molecule has 5 heteroatoms. The van der Waals surface area contributed by atoms with Crippen LogP contribution in [-0.4, -0.2) is 51.9 Å². The van der Waals surface area contributed by atoms with Crippen molar-refractivity contribution in [1.82, 2.24) is 19.8 Å². The van der Waals surface area contributed by atoms with Crippen molar-refractivity contribution in [3.05, 3.63) is 30.1 Å². The molecule has 2 atom stereocenters. The Morgan fingerprint density at radius 3 is 2.54 bits per heavy atom. The lowest BCUT2D eigenvalue weighted by molar-refractivity contribution is -0.139. The molecule has 0 aliphatic carbocycles. The molecule has 2 fully saturated rings. The monoisotopic (exact) mass is 354 g/mol. The molecule has 2 aliphatic heterocycles. The number of aromatic amines is 1. The van der Waals surface area contributed by atoms with Gasteiger partial charge in [0.15, 0.2) is 0 Å². The van der Waals surface area contributed by atoms with Crippen molar-refractivity contribution in [2.75, 3.05) is 26.2 Å². The van der Waals surface area contributed by atoms with Crippen LogP contribution in [0.4, 0.5) is 0 Å². The Morgan fingerprint density at radius 2 is 1.85 bits per heavy atom. The van der Waals surface area contributed by atoms with Crippen molar-refractivity contribution in [3.63, 3.8) is 0 Å². The fourth-order valence-corrected chi connectivity index (χ4v) is 4.73. The number of benzene rings is 1. The average Bonchev–Trinajstić information content (AvgIpc) is 3.03. The van der Waals surface area contributed by atoms with E-state index in [9.17, 15) is 4.79 Å². The van der Waals surface area contributed by atoms with Crippen LogP contribution < -0.4 is 0 Å². The largest absolute Gasteiger partial charge is 0.342 e. The number of carbonyl (C=O) groups is 1. The minimum atomic E-state index is 0.208. The lowest BCUT2D eigenvalue weighted by atomic mass is 9.89.